The van der Waals surface area contributed by atoms with E-state index in [1.54, 1.807) is 30.0 Å². The molecule has 0 bridgehead atoms. The lowest BCUT2D eigenvalue weighted by molar-refractivity contribution is -0.132. The second kappa shape index (κ2) is 13.9. The molecular formula is C35H38ClFN4O5. The van der Waals surface area contributed by atoms with Crippen LogP contribution in [0.2, 0.25) is 5.02 Å². The molecule has 242 valence electrons. The molecule has 0 radical (unpaired) electrons. The number of aromatic nitrogens is 1. The molecule has 2 N–H and O–H groups in total. The number of aliphatic hydroxyl groups is 2. The lowest BCUT2D eigenvalue weighted by atomic mass is 9.76. The molecule has 3 aromatic rings. The number of amides is 2. The zero-order valence-electron chi connectivity index (χ0n) is 26.0. The number of pyridine rings is 1. The smallest absolute Gasteiger partial charge is 0.257 e. The monoisotopic (exact) mass is 648 g/mol. The Morgan fingerprint density at radius 2 is 1.89 bits per heavy atom. The van der Waals surface area contributed by atoms with Crippen LogP contribution in [0.15, 0.2) is 60.8 Å². The lowest BCUT2D eigenvalue weighted by Gasteiger charge is -2.39. The number of rotatable bonds is 8. The van der Waals surface area contributed by atoms with Crippen molar-refractivity contribution in [3.8, 4) is 6.07 Å². The molecule has 0 spiro atoms. The Morgan fingerprint density at radius 1 is 1.20 bits per heavy atom. The summed E-state index contributed by atoms with van der Waals surface area (Å²) in [6, 6.07) is 17.5. The van der Waals surface area contributed by atoms with Crippen molar-refractivity contribution >= 4 is 23.4 Å². The molecule has 2 aromatic carbocycles. The standard InChI is InChI=1S/C29H33FN4O5.C6H5Cl/c1-18(36)33-9-5-20(6-10-33)28(2,38)21-11-23-25(24(30)12-21)27(39-17-29(16-35)7-8-29)34(26(23)37)15-22-4-3-19(13-31)14-32-22;7-6-4-2-1-3-5-6/h3-4,11-12,14,20,27,35,38H,5-10,15-17H2,1-2H3;1-5H. The average molecular weight is 649 g/mol. The number of piperidine rings is 1. The molecule has 1 saturated heterocycles. The van der Waals surface area contributed by atoms with Crippen LogP contribution in [0.5, 0.6) is 0 Å². The topological polar surface area (TPSA) is 127 Å². The number of nitrogens with zero attached hydrogens (tertiary/aromatic N) is 4. The van der Waals surface area contributed by atoms with Gasteiger partial charge in [-0.2, -0.15) is 5.26 Å². The Kier molecular flexibility index (Phi) is 10.1. The van der Waals surface area contributed by atoms with Crippen LogP contribution in [0.1, 0.15) is 78.5 Å². The summed E-state index contributed by atoms with van der Waals surface area (Å²) in [7, 11) is 0. The maximum absolute atomic E-state index is 15.8. The van der Waals surface area contributed by atoms with Gasteiger partial charge >= 0.3 is 0 Å². The van der Waals surface area contributed by atoms with Gasteiger partial charge in [0, 0.05) is 42.2 Å². The average Bonchev–Trinajstić information content (AvgIpc) is 3.80. The zero-order valence-corrected chi connectivity index (χ0v) is 26.7. The summed E-state index contributed by atoms with van der Waals surface area (Å²) in [5, 5.41) is 31.2. The summed E-state index contributed by atoms with van der Waals surface area (Å²) >= 11 is 5.54. The van der Waals surface area contributed by atoms with Crippen molar-refractivity contribution in [3.05, 3.63) is 99.6 Å². The van der Waals surface area contributed by atoms with Crippen molar-refractivity contribution in [2.45, 2.75) is 57.9 Å². The van der Waals surface area contributed by atoms with E-state index in [2.05, 4.69) is 4.98 Å². The fraction of sp³-hybridized carbons (Fsp3) is 0.429. The number of benzene rings is 2. The van der Waals surface area contributed by atoms with Crippen LogP contribution in [0.4, 0.5) is 4.39 Å². The number of carbonyl (C=O) groups excluding carboxylic acids is 2. The van der Waals surface area contributed by atoms with Gasteiger partial charge in [0.25, 0.3) is 5.91 Å². The SMILES string of the molecule is CC(=O)N1CCC(C(C)(O)c2cc(F)c3c(c2)C(=O)N(Cc2ccc(C#N)cn2)C3OCC2(CO)CC2)CC1.Clc1ccccc1. The molecule has 1 aliphatic carbocycles. The van der Waals surface area contributed by atoms with Crippen molar-refractivity contribution in [2.24, 2.45) is 11.3 Å². The predicted octanol–water partition coefficient (Wildman–Crippen LogP) is 5.34. The molecule has 2 unspecified atom stereocenters. The molecule has 1 saturated carbocycles. The Balaban J connectivity index is 0.000000527. The van der Waals surface area contributed by atoms with Crippen molar-refractivity contribution in [2.75, 3.05) is 26.3 Å². The Morgan fingerprint density at radius 3 is 2.41 bits per heavy atom. The number of likely N-dealkylation sites (tertiary alicyclic amines) is 1. The maximum Gasteiger partial charge on any atom is 0.257 e. The van der Waals surface area contributed by atoms with Gasteiger partial charge in [-0.3, -0.25) is 14.6 Å². The third kappa shape index (κ3) is 7.24. The number of halogens is 2. The van der Waals surface area contributed by atoms with E-state index in [-0.39, 0.29) is 48.1 Å². The third-order valence-corrected chi connectivity index (χ3v) is 9.58. The van der Waals surface area contributed by atoms with Crippen LogP contribution in [-0.2, 0) is 21.7 Å². The first kappa shape index (κ1) is 33.5. The van der Waals surface area contributed by atoms with Crippen LogP contribution in [0.25, 0.3) is 0 Å². The summed E-state index contributed by atoms with van der Waals surface area (Å²) in [4.78, 5) is 32.8. The summed E-state index contributed by atoms with van der Waals surface area (Å²) < 4.78 is 22.0. The second-order valence-corrected chi connectivity index (χ2v) is 13.0. The van der Waals surface area contributed by atoms with E-state index in [1.807, 2.05) is 36.4 Å². The predicted molar refractivity (Wildman–Crippen MR) is 169 cm³/mol. The fourth-order valence-electron chi connectivity index (χ4n) is 6.03. The molecule has 46 heavy (non-hydrogen) atoms. The van der Waals surface area contributed by atoms with Gasteiger partial charge < -0.3 is 24.7 Å². The highest BCUT2D eigenvalue weighted by atomic mass is 35.5. The lowest BCUT2D eigenvalue weighted by Crippen LogP contribution is -2.43. The summed E-state index contributed by atoms with van der Waals surface area (Å²) in [5.41, 5.74) is -0.359. The number of carbonyl (C=O) groups is 2. The second-order valence-electron chi connectivity index (χ2n) is 12.5. The quantitative estimate of drug-likeness (QED) is 0.338. The zero-order chi connectivity index (χ0) is 33.1. The fourth-order valence-corrected chi connectivity index (χ4v) is 6.17. The number of hydrogen-bond donors (Lipinski definition) is 2. The normalized spacial score (nSPS) is 19.8. The van der Waals surface area contributed by atoms with Crippen LogP contribution in [0.3, 0.4) is 0 Å². The highest BCUT2D eigenvalue weighted by Crippen LogP contribution is 2.48. The minimum absolute atomic E-state index is 0.0145. The molecule has 2 atom stereocenters. The van der Waals surface area contributed by atoms with Crippen LogP contribution in [0, 0.1) is 28.5 Å². The minimum Gasteiger partial charge on any atom is -0.396 e. The molecule has 11 heteroatoms. The Labute approximate surface area is 273 Å². The molecule has 9 nitrogen and oxygen atoms in total. The van der Waals surface area contributed by atoms with Crippen molar-refractivity contribution < 1.29 is 28.9 Å². The van der Waals surface area contributed by atoms with E-state index < -0.39 is 23.6 Å². The first-order chi connectivity index (χ1) is 22.0. The van der Waals surface area contributed by atoms with E-state index in [4.69, 9.17) is 21.6 Å². The molecule has 2 amide bonds. The highest BCUT2D eigenvalue weighted by molar-refractivity contribution is 6.30. The molecular weight excluding hydrogens is 611 g/mol. The maximum atomic E-state index is 15.8. The Bertz CT molecular complexity index is 1600. The van der Waals surface area contributed by atoms with Crippen molar-refractivity contribution in [1.29, 1.82) is 5.26 Å². The van der Waals surface area contributed by atoms with Crippen LogP contribution >= 0.6 is 11.6 Å². The third-order valence-electron chi connectivity index (χ3n) is 9.33. The van der Waals surface area contributed by atoms with Gasteiger partial charge in [0.1, 0.15) is 11.9 Å². The van der Waals surface area contributed by atoms with E-state index >= 15 is 4.39 Å². The number of aliphatic hydroxyl groups excluding tert-OH is 1. The number of fused-ring (bicyclic) bond motifs is 1. The molecule has 3 aliphatic rings. The summed E-state index contributed by atoms with van der Waals surface area (Å²) in [6.45, 7) is 4.32. The number of nitriles is 1. The Hall–Kier alpha value is -3.88. The highest BCUT2D eigenvalue weighted by Gasteiger charge is 2.47. The van der Waals surface area contributed by atoms with Gasteiger partial charge in [-0.15, -0.1) is 0 Å². The van der Waals surface area contributed by atoms with Gasteiger partial charge in [-0.1, -0.05) is 29.8 Å². The number of ether oxygens (including phenoxy) is 1. The molecule has 2 fully saturated rings. The summed E-state index contributed by atoms with van der Waals surface area (Å²) in [5.74, 6) is -1.32. The van der Waals surface area contributed by atoms with Gasteiger partial charge in [-0.25, -0.2) is 4.39 Å². The summed E-state index contributed by atoms with van der Waals surface area (Å²) in [6.07, 6.45) is 3.10. The molecule has 3 heterocycles. The van der Waals surface area contributed by atoms with Crippen LogP contribution in [-0.4, -0.2) is 63.1 Å². The molecule has 2 aliphatic heterocycles. The van der Waals surface area contributed by atoms with Gasteiger partial charge in [0.15, 0.2) is 6.23 Å². The van der Waals surface area contributed by atoms with Gasteiger partial charge in [0.05, 0.1) is 42.2 Å². The number of hydrogen-bond acceptors (Lipinski definition) is 7. The van der Waals surface area contributed by atoms with Gasteiger partial charge in [-0.05, 0) is 80.5 Å². The first-order valence-corrected chi connectivity index (χ1v) is 15.8. The van der Waals surface area contributed by atoms with Gasteiger partial charge in [0.2, 0.25) is 5.91 Å². The minimum atomic E-state index is -1.41. The van der Waals surface area contributed by atoms with Crippen LogP contribution < -0.4 is 0 Å². The van der Waals surface area contributed by atoms with Crippen molar-refractivity contribution in [3.63, 3.8) is 0 Å². The first-order valence-electron chi connectivity index (χ1n) is 15.4. The molecule has 1 aromatic heterocycles. The van der Waals surface area contributed by atoms with E-state index in [9.17, 15) is 19.8 Å². The van der Waals surface area contributed by atoms with E-state index in [0.29, 0.717) is 42.8 Å². The van der Waals surface area contributed by atoms with E-state index in [1.165, 1.54) is 24.1 Å². The van der Waals surface area contributed by atoms with Crippen molar-refractivity contribution in [1.82, 2.24) is 14.8 Å². The van der Waals surface area contributed by atoms with E-state index in [0.717, 1.165) is 17.9 Å². The largest absolute Gasteiger partial charge is 0.396 e. The molecule has 6 rings (SSSR count).